The molecule has 1 unspecified atom stereocenters. The molecule has 0 aliphatic carbocycles. The number of piperidine rings is 1. The lowest BCUT2D eigenvalue weighted by atomic mass is 10.1. The van der Waals surface area contributed by atoms with Crippen molar-refractivity contribution < 1.29 is 4.79 Å². The summed E-state index contributed by atoms with van der Waals surface area (Å²) in [6, 6.07) is 6.96. The lowest BCUT2D eigenvalue weighted by Gasteiger charge is -2.34. The molecular formula is C14H15N3O3. The zero-order valence-corrected chi connectivity index (χ0v) is 10.9. The van der Waals surface area contributed by atoms with Crippen LogP contribution in [0.2, 0.25) is 0 Å². The van der Waals surface area contributed by atoms with Crippen molar-refractivity contribution in [1.82, 2.24) is 14.5 Å². The number of benzene rings is 1. The van der Waals surface area contributed by atoms with Gasteiger partial charge in [-0.2, -0.15) is 0 Å². The van der Waals surface area contributed by atoms with E-state index in [1.165, 1.54) is 4.57 Å². The standard InChI is InChI=1S/C14H15N3O3/c18-9-16-8-4-3-7-12(16)17-11-6-2-1-5-10(11)13(19)15-14(17)20/h1-2,5-6,9,12H,3-4,7-8H2,(H,15,19,20). The van der Waals surface area contributed by atoms with Crippen molar-refractivity contribution in [2.24, 2.45) is 0 Å². The molecule has 1 aromatic carbocycles. The summed E-state index contributed by atoms with van der Waals surface area (Å²) < 4.78 is 1.52. The van der Waals surface area contributed by atoms with Gasteiger partial charge in [-0.15, -0.1) is 0 Å². The fraction of sp³-hybridized carbons (Fsp3) is 0.357. The summed E-state index contributed by atoms with van der Waals surface area (Å²) in [5, 5.41) is 0.462. The molecule has 3 rings (SSSR count). The smallest absolute Gasteiger partial charge is 0.324 e. The molecule has 1 saturated heterocycles. The van der Waals surface area contributed by atoms with E-state index in [9.17, 15) is 14.4 Å². The average molecular weight is 273 g/mol. The molecule has 0 saturated carbocycles. The molecule has 1 aromatic heterocycles. The van der Waals surface area contributed by atoms with E-state index in [4.69, 9.17) is 0 Å². The number of hydrogen-bond donors (Lipinski definition) is 1. The predicted molar refractivity (Wildman–Crippen MR) is 74.5 cm³/mol. The number of nitrogens with one attached hydrogen (secondary N) is 1. The Morgan fingerprint density at radius 3 is 2.80 bits per heavy atom. The summed E-state index contributed by atoms with van der Waals surface area (Å²) in [6.45, 7) is 0.633. The van der Waals surface area contributed by atoms with Gasteiger partial charge in [-0.05, 0) is 31.4 Å². The highest BCUT2D eigenvalue weighted by atomic mass is 16.2. The monoisotopic (exact) mass is 273 g/mol. The van der Waals surface area contributed by atoms with Crippen LogP contribution in [-0.4, -0.2) is 27.4 Å². The number of H-pyrrole nitrogens is 1. The van der Waals surface area contributed by atoms with Crippen LogP contribution in [0, 0.1) is 0 Å². The zero-order valence-electron chi connectivity index (χ0n) is 10.9. The van der Waals surface area contributed by atoms with Gasteiger partial charge in [0, 0.05) is 6.54 Å². The minimum absolute atomic E-state index is 0.324. The maximum absolute atomic E-state index is 12.2. The van der Waals surface area contributed by atoms with Crippen molar-refractivity contribution in [3.63, 3.8) is 0 Å². The van der Waals surface area contributed by atoms with Crippen LogP contribution in [0.5, 0.6) is 0 Å². The number of carbonyl (C=O) groups excluding carboxylic acids is 1. The number of likely N-dealkylation sites (tertiary alicyclic amines) is 1. The number of nitrogens with zero attached hydrogens (tertiary/aromatic N) is 2. The molecule has 20 heavy (non-hydrogen) atoms. The molecule has 6 nitrogen and oxygen atoms in total. The number of aromatic amines is 1. The number of rotatable bonds is 2. The van der Waals surface area contributed by atoms with E-state index in [0.29, 0.717) is 23.9 Å². The Morgan fingerprint density at radius 2 is 2.00 bits per heavy atom. The number of amides is 1. The van der Waals surface area contributed by atoms with Crippen LogP contribution in [0.3, 0.4) is 0 Å². The Bertz CT molecular complexity index is 762. The van der Waals surface area contributed by atoms with Crippen LogP contribution in [0.25, 0.3) is 10.9 Å². The maximum Gasteiger partial charge on any atom is 0.330 e. The number of aromatic nitrogens is 2. The van der Waals surface area contributed by atoms with E-state index in [-0.39, 0.29) is 6.17 Å². The third-order valence-corrected chi connectivity index (χ3v) is 3.79. The minimum Gasteiger partial charge on any atom is -0.324 e. The summed E-state index contributed by atoms with van der Waals surface area (Å²) in [5.41, 5.74) is -0.289. The first-order chi connectivity index (χ1) is 9.72. The molecule has 1 aliphatic heterocycles. The van der Waals surface area contributed by atoms with Crippen LogP contribution < -0.4 is 11.2 Å². The Hall–Kier alpha value is -2.37. The highest BCUT2D eigenvalue weighted by molar-refractivity contribution is 5.77. The van der Waals surface area contributed by atoms with Gasteiger partial charge in [0.15, 0.2) is 0 Å². The first kappa shape index (κ1) is 12.7. The Labute approximate surface area is 114 Å². The summed E-state index contributed by atoms with van der Waals surface area (Å²) in [7, 11) is 0. The van der Waals surface area contributed by atoms with Crippen molar-refractivity contribution in [2.75, 3.05) is 6.54 Å². The van der Waals surface area contributed by atoms with Gasteiger partial charge >= 0.3 is 5.69 Å². The van der Waals surface area contributed by atoms with Crippen molar-refractivity contribution in [3.8, 4) is 0 Å². The Morgan fingerprint density at radius 1 is 1.20 bits per heavy atom. The van der Waals surface area contributed by atoms with E-state index in [1.54, 1.807) is 29.2 Å². The number of hydrogen-bond acceptors (Lipinski definition) is 3. The van der Waals surface area contributed by atoms with E-state index < -0.39 is 11.2 Å². The number of fused-ring (bicyclic) bond motifs is 1. The molecule has 2 heterocycles. The van der Waals surface area contributed by atoms with Crippen molar-refractivity contribution in [2.45, 2.75) is 25.4 Å². The van der Waals surface area contributed by atoms with Crippen molar-refractivity contribution >= 4 is 17.3 Å². The molecule has 1 atom stereocenters. The molecule has 1 N–H and O–H groups in total. The van der Waals surface area contributed by atoms with E-state index in [2.05, 4.69) is 4.98 Å². The van der Waals surface area contributed by atoms with Crippen LogP contribution in [0.15, 0.2) is 33.9 Å². The Kier molecular flexibility index (Phi) is 3.14. The Balaban J connectivity index is 2.27. The summed E-state index contributed by atoms with van der Waals surface area (Å²) in [6.07, 6.45) is 3.06. The van der Waals surface area contributed by atoms with Crippen molar-refractivity contribution in [1.29, 1.82) is 0 Å². The summed E-state index contributed by atoms with van der Waals surface area (Å²) >= 11 is 0. The first-order valence-electron chi connectivity index (χ1n) is 6.67. The molecule has 104 valence electrons. The van der Waals surface area contributed by atoms with Crippen LogP contribution in [-0.2, 0) is 4.79 Å². The second-order valence-corrected chi connectivity index (χ2v) is 4.97. The summed E-state index contributed by atoms with van der Waals surface area (Å²) in [5.74, 6) is 0. The fourth-order valence-corrected chi connectivity index (χ4v) is 2.84. The molecule has 0 spiro atoms. The third kappa shape index (κ3) is 1.93. The summed E-state index contributed by atoms with van der Waals surface area (Å²) in [4.78, 5) is 39.2. The fourth-order valence-electron chi connectivity index (χ4n) is 2.84. The van der Waals surface area contributed by atoms with Crippen LogP contribution >= 0.6 is 0 Å². The zero-order chi connectivity index (χ0) is 14.1. The molecule has 6 heteroatoms. The molecule has 2 aromatic rings. The third-order valence-electron chi connectivity index (χ3n) is 3.79. The van der Waals surface area contributed by atoms with Gasteiger partial charge in [0.2, 0.25) is 6.41 Å². The second kappa shape index (κ2) is 4.96. The van der Waals surface area contributed by atoms with Gasteiger partial charge in [-0.25, -0.2) is 4.79 Å². The van der Waals surface area contributed by atoms with E-state index in [1.807, 2.05) is 0 Å². The molecule has 0 bridgehead atoms. The molecule has 1 amide bonds. The lowest BCUT2D eigenvalue weighted by molar-refractivity contribution is -0.123. The van der Waals surface area contributed by atoms with Gasteiger partial charge in [-0.3, -0.25) is 19.1 Å². The maximum atomic E-state index is 12.2. The first-order valence-corrected chi connectivity index (χ1v) is 6.67. The highest BCUT2D eigenvalue weighted by Crippen LogP contribution is 2.25. The van der Waals surface area contributed by atoms with Gasteiger partial charge in [0.1, 0.15) is 6.17 Å². The van der Waals surface area contributed by atoms with Gasteiger partial charge in [-0.1, -0.05) is 12.1 Å². The lowest BCUT2D eigenvalue weighted by Crippen LogP contribution is -2.42. The number of para-hydroxylation sites is 1. The largest absolute Gasteiger partial charge is 0.330 e. The average Bonchev–Trinajstić information content (AvgIpc) is 2.48. The van der Waals surface area contributed by atoms with Crippen LogP contribution in [0.4, 0.5) is 0 Å². The van der Waals surface area contributed by atoms with Gasteiger partial charge in [0.05, 0.1) is 10.9 Å². The van der Waals surface area contributed by atoms with Crippen LogP contribution in [0.1, 0.15) is 25.4 Å². The van der Waals surface area contributed by atoms with Crippen molar-refractivity contribution in [3.05, 3.63) is 45.1 Å². The van der Waals surface area contributed by atoms with E-state index >= 15 is 0 Å². The number of carbonyl (C=O) groups is 1. The topological polar surface area (TPSA) is 75.2 Å². The quantitative estimate of drug-likeness (QED) is 0.823. The molecule has 1 fully saturated rings. The van der Waals surface area contributed by atoms with Gasteiger partial charge < -0.3 is 4.90 Å². The normalized spacial score (nSPS) is 19.2. The molecule has 1 aliphatic rings. The van der Waals surface area contributed by atoms with Gasteiger partial charge in [0.25, 0.3) is 5.56 Å². The minimum atomic E-state index is -0.465. The molecule has 0 radical (unpaired) electrons. The predicted octanol–water partition coefficient (Wildman–Crippen LogP) is 0.831. The van der Waals surface area contributed by atoms with E-state index in [0.717, 1.165) is 19.3 Å². The molecular weight excluding hydrogens is 258 g/mol. The second-order valence-electron chi connectivity index (χ2n) is 4.97. The SMILES string of the molecule is O=CN1CCCCC1n1c(=O)[nH]c(=O)c2ccccc21. The highest BCUT2D eigenvalue weighted by Gasteiger charge is 2.25.